The maximum Gasteiger partial charge on any atom is 0.345 e. The van der Waals surface area contributed by atoms with Crippen molar-refractivity contribution in [1.29, 1.82) is 0 Å². The molecule has 1 rings (SSSR count). The number of thiophene rings is 1. The molecule has 0 aliphatic carbocycles. The lowest BCUT2D eigenvalue weighted by Gasteiger charge is -2.28. The van der Waals surface area contributed by atoms with Gasteiger partial charge in [-0.05, 0) is 31.9 Å². The quantitative estimate of drug-likeness (QED) is 0.804. The van der Waals surface area contributed by atoms with E-state index in [2.05, 4.69) is 26.1 Å². The van der Waals surface area contributed by atoms with E-state index in [1.54, 1.807) is 6.07 Å². The number of nitrogens with one attached hydrogen (secondary N) is 1. The van der Waals surface area contributed by atoms with E-state index in [0.29, 0.717) is 4.88 Å². The summed E-state index contributed by atoms with van der Waals surface area (Å²) in [5.74, 6) is -0.843. The van der Waals surface area contributed by atoms with Crippen LogP contribution in [0.4, 0.5) is 0 Å². The standard InChI is InChI=1S/C12H19NO2S/c1-4-12(3,5-2)13-8-9-6-7-10(16-9)11(14)15/h6-7,13H,4-5,8H2,1-3H3,(H,14,15). The van der Waals surface area contributed by atoms with Gasteiger partial charge < -0.3 is 10.4 Å². The fourth-order valence-electron chi connectivity index (χ4n) is 1.39. The lowest BCUT2D eigenvalue weighted by atomic mass is 9.96. The van der Waals surface area contributed by atoms with Crippen molar-refractivity contribution in [3.63, 3.8) is 0 Å². The molecule has 0 aromatic carbocycles. The zero-order chi connectivity index (χ0) is 12.2. The molecule has 0 radical (unpaired) electrons. The average molecular weight is 241 g/mol. The Kier molecular flexibility index (Phi) is 4.50. The normalized spacial score (nSPS) is 11.7. The number of carboxylic acids is 1. The van der Waals surface area contributed by atoms with Crippen LogP contribution in [0.3, 0.4) is 0 Å². The largest absolute Gasteiger partial charge is 0.477 e. The Morgan fingerprint density at radius 3 is 2.50 bits per heavy atom. The summed E-state index contributed by atoms with van der Waals surface area (Å²) in [7, 11) is 0. The molecule has 0 unspecified atom stereocenters. The highest BCUT2D eigenvalue weighted by molar-refractivity contribution is 7.13. The molecule has 16 heavy (non-hydrogen) atoms. The second-order valence-corrected chi connectivity index (χ2v) is 5.36. The van der Waals surface area contributed by atoms with Crippen molar-refractivity contribution in [2.75, 3.05) is 0 Å². The highest BCUT2D eigenvalue weighted by Gasteiger charge is 2.18. The van der Waals surface area contributed by atoms with Gasteiger partial charge in [0.15, 0.2) is 0 Å². The van der Waals surface area contributed by atoms with Gasteiger partial charge in [-0.25, -0.2) is 4.79 Å². The molecule has 3 nitrogen and oxygen atoms in total. The van der Waals surface area contributed by atoms with Gasteiger partial charge in [-0.2, -0.15) is 0 Å². The summed E-state index contributed by atoms with van der Waals surface area (Å²) in [6.45, 7) is 7.26. The van der Waals surface area contributed by atoms with E-state index in [1.165, 1.54) is 11.3 Å². The van der Waals surface area contributed by atoms with Crippen LogP contribution in [0.1, 0.15) is 48.2 Å². The van der Waals surface area contributed by atoms with Crippen molar-refractivity contribution in [2.24, 2.45) is 0 Å². The van der Waals surface area contributed by atoms with Crippen LogP contribution < -0.4 is 5.32 Å². The van der Waals surface area contributed by atoms with E-state index < -0.39 is 5.97 Å². The van der Waals surface area contributed by atoms with Crippen LogP contribution in [-0.2, 0) is 6.54 Å². The summed E-state index contributed by atoms with van der Waals surface area (Å²) in [4.78, 5) is 12.2. The molecule has 0 fully saturated rings. The molecule has 1 heterocycles. The van der Waals surface area contributed by atoms with E-state index in [9.17, 15) is 4.79 Å². The second-order valence-electron chi connectivity index (χ2n) is 4.19. The highest BCUT2D eigenvalue weighted by atomic mass is 32.1. The molecule has 0 spiro atoms. The molecule has 0 atom stereocenters. The Morgan fingerprint density at radius 2 is 2.06 bits per heavy atom. The topological polar surface area (TPSA) is 49.3 Å². The number of hydrogen-bond donors (Lipinski definition) is 2. The molecule has 0 saturated carbocycles. The number of aromatic carboxylic acids is 1. The Labute approximate surface area is 100 Å². The van der Waals surface area contributed by atoms with E-state index in [4.69, 9.17) is 5.11 Å². The summed E-state index contributed by atoms with van der Waals surface area (Å²) in [6, 6.07) is 3.55. The molecule has 1 aromatic heterocycles. The van der Waals surface area contributed by atoms with Crippen LogP contribution >= 0.6 is 11.3 Å². The van der Waals surface area contributed by atoms with Crippen molar-refractivity contribution in [1.82, 2.24) is 5.32 Å². The molecule has 90 valence electrons. The first-order valence-corrected chi connectivity index (χ1v) is 6.39. The molecule has 0 aliphatic rings. The highest BCUT2D eigenvalue weighted by Crippen LogP contribution is 2.19. The lowest BCUT2D eigenvalue weighted by Crippen LogP contribution is -2.40. The smallest absolute Gasteiger partial charge is 0.345 e. The predicted molar refractivity (Wildman–Crippen MR) is 67.1 cm³/mol. The minimum atomic E-state index is -0.843. The third-order valence-electron chi connectivity index (χ3n) is 3.12. The van der Waals surface area contributed by atoms with Gasteiger partial charge in [-0.15, -0.1) is 11.3 Å². The lowest BCUT2D eigenvalue weighted by molar-refractivity contribution is 0.0702. The fourth-order valence-corrected chi connectivity index (χ4v) is 2.17. The van der Waals surface area contributed by atoms with Crippen molar-refractivity contribution in [2.45, 2.75) is 45.7 Å². The van der Waals surface area contributed by atoms with Gasteiger partial charge in [0.05, 0.1) is 0 Å². The minimum absolute atomic E-state index is 0.146. The maximum atomic E-state index is 10.7. The van der Waals surface area contributed by atoms with Crippen LogP contribution in [0.25, 0.3) is 0 Å². The number of rotatable bonds is 6. The predicted octanol–water partition coefficient (Wildman–Crippen LogP) is 3.11. The summed E-state index contributed by atoms with van der Waals surface area (Å²) >= 11 is 1.34. The van der Waals surface area contributed by atoms with Crippen LogP contribution in [-0.4, -0.2) is 16.6 Å². The molecule has 0 aliphatic heterocycles. The zero-order valence-electron chi connectivity index (χ0n) is 10.0. The van der Waals surface area contributed by atoms with Gasteiger partial charge in [0.25, 0.3) is 0 Å². The van der Waals surface area contributed by atoms with Gasteiger partial charge >= 0.3 is 5.97 Å². The van der Waals surface area contributed by atoms with E-state index >= 15 is 0 Å². The first kappa shape index (κ1) is 13.2. The van der Waals surface area contributed by atoms with Crippen LogP contribution in [0, 0.1) is 0 Å². The van der Waals surface area contributed by atoms with E-state index in [1.807, 2.05) is 6.07 Å². The van der Waals surface area contributed by atoms with Crippen molar-refractivity contribution < 1.29 is 9.90 Å². The maximum absolute atomic E-state index is 10.7. The monoisotopic (exact) mass is 241 g/mol. The molecule has 0 saturated heterocycles. The fraction of sp³-hybridized carbons (Fsp3) is 0.583. The van der Waals surface area contributed by atoms with Crippen molar-refractivity contribution in [3.05, 3.63) is 21.9 Å². The molecule has 4 heteroatoms. The third kappa shape index (κ3) is 3.32. The molecular weight excluding hydrogens is 222 g/mol. The number of carboxylic acid groups (broad SMARTS) is 1. The summed E-state index contributed by atoms with van der Waals surface area (Å²) in [5.41, 5.74) is 0.146. The summed E-state index contributed by atoms with van der Waals surface area (Å²) < 4.78 is 0. The Hall–Kier alpha value is -0.870. The van der Waals surface area contributed by atoms with E-state index in [-0.39, 0.29) is 5.54 Å². The molecule has 0 amide bonds. The van der Waals surface area contributed by atoms with Gasteiger partial charge in [-0.3, -0.25) is 0 Å². The third-order valence-corrected chi connectivity index (χ3v) is 4.20. The first-order chi connectivity index (χ1) is 7.50. The average Bonchev–Trinajstić information content (AvgIpc) is 2.75. The first-order valence-electron chi connectivity index (χ1n) is 5.58. The van der Waals surface area contributed by atoms with Crippen LogP contribution in [0.2, 0.25) is 0 Å². The molecule has 0 bridgehead atoms. The molecule has 2 N–H and O–H groups in total. The Morgan fingerprint density at radius 1 is 1.44 bits per heavy atom. The number of hydrogen-bond acceptors (Lipinski definition) is 3. The van der Waals surface area contributed by atoms with Crippen molar-refractivity contribution in [3.8, 4) is 0 Å². The van der Waals surface area contributed by atoms with Gasteiger partial charge in [0.1, 0.15) is 4.88 Å². The van der Waals surface area contributed by atoms with Gasteiger partial charge in [0, 0.05) is 17.0 Å². The molecular formula is C12H19NO2S. The van der Waals surface area contributed by atoms with E-state index in [0.717, 1.165) is 24.3 Å². The summed E-state index contributed by atoms with van der Waals surface area (Å²) in [6.07, 6.45) is 2.14. The van der Waals surface area contributed by atoms with Gasteiger partial charge in [0.2, 0.25) is 0 Å². The minimum Gasteiger partial charge on any atom is -0.477 e. The Bertz CT molecular complexity index is 356. The zero-order valence-corrected chi connectivity index (χ0v) is 10.9. The van der Waals surface area contributed by atoms with Crippen LogP contribution in [0.5, 0.6) is 0 Å². The second kappa shape index (κ2) is 5.46. The Balaban J connectivity index is 2.57. The summed E-state index contributed by atoms with van der Waals surface area (Å²) in [5, 5.41) is 12.3. The van der Waals surface area contributed by atoms with Crippen molar-refractivity contribution >= 4 is 17.3 Å². The van der Waals surface area contributed by atoms with Gasteiger partial charge in [-0.1, -0.05) is 13.8 Å². The number of carbonyl (C=O) groups is 1. The molecule has 1 aromatic rings. The SMILES string of the molecule is CCC(C)(CC)NCc1ccc(C(=O)O)s1. The van der Waals surface area contributed by atoms with Crippen LogP contribution in [0.15, 0.2) is 12.1 Å².